The minimum absolute atomic E-state index is 0.0870. The summed E-state index contributed by atoms with van der Waals surface area (Å²) in [5.74, 6) is -0.0128. The Balaban J connectivity index is 1.49. The van der Waals surface area contributed by atoms with Crippen LogP contribution in [-0.2, 0) is 17.1 Å². The Morgan fingerprint density at radius 1 is 1.05 bits per heavy atom. The fraction of sp³-hybridized carbons (Fsp3) is 0.212. The number of hydrogen-bond donors (Lipinski definition) is 1. The van der Waals surface area contributed by atoms with Crippen LogP contribution >= 0.6 is 0 Å². The lowest BCUT2D eigenvalue weighted by Gasteiger charge is -2.39. The van der Waals surface area contributed by atoms with Crippen molar-refractivity contribution in [1.29, 1.82) is 0 Å². The quantitative estimate of drug-likeness (QED) is 0.289. The van der Waals surface area contributed by atoms with E-state index in [0.717, 1.165) is 37.4 Å². The van der Waals surface area contributed by atoms with E-state index in [2.05, 4.69) is 51.7 Å². The predicted molar refractivity (Wildman–Crippen MR) is 171 cm³/mol. The Labute approximate surface area is 254 Å². The van der Waals surface area contributed by atoms with Gasteiger partial charge in [0, 0.05) is 54.4 Å². The first-order chi connectivity index (χ1) is 21.0. The average Bonchev–Trinajstić information content (AvgIpc) is 3.71. The van der Waals surface area contributed by atoms with Gasteiger partial charge in [0.25, 0.3) is 5.56 Å². The van der Waals surface area contributed by atoms with E-state index in [1.807, 2.05) is 37.4 Å². The number of nitrogens with one attached hydrogen (secondary N) is 1. The highest BCUT2D eigenvalue weighted by atomic mass is 32.2. The highest BCUT2D eigenvalue weighted by Gasteiger charge is 2.51. The lowest BCUT2D eigenvalue weighted by Crippen LogP contribution is -2.46. The molecule has 44 heavy (non-hydrogen) atoms. The van der Waals surface area contributed by atoms with Crippen LogP contribution in [0.1, 0.15) is 42.3 Å². The summed E-state index contributed by atoms with van der Waals surface area (Å²) in [5, 5.41) is 4.93. The van der Waals surface area contributed by atoms with Gasteiger partial charge >= 0.3 is 0 Å². The second-order valence-electron chi connectivity index (χ2n) is 11.7. The van der Waals surface area contributed by atoms with Gasteiger partial charge in [-0.25, -0.2) is 22.4 Å². The number of fused-ring (bicyclic) bond motifs is 2. The summed E-state index contributed by atoms with van der Waals surface area (Å²) in [6, 6.07) is 13.5. The summed E-state index contributed by atoms with van der Waals surface area (Å²) in [7, 11) is -2.40. The van der Waals surface area contributed by atoms with Gasteiger partial charge < -0.3 is 4.98 Å². The number of H-pyrrole nitrogens is 1. The Hall–Kier alpha value is -5.03. The van der Waals surface area contributed by atoms with Crippen LogP contribution < -0.4 is 5.56 Å². The second kappa shape index (κ2) is 9.75. The fourth-order valence-electron chi connectivity index (χ4n) is 6.45. The van der Waals surface area contributed by atoms with Crippen LogP contribution in [0.2, 0.25) is 0 Å². The number of allylic oxidation sites excluding steroid dienone is 3. The maximum atomic E-state index is 14.8. The zero-order valence-electron chi connectivity index (χ0n) is 25.0. The summed E-state index contributed by atoms with van der Waals surface area (Å²) in [6.07, 6.45) is 12.1. The molecule has 1 aromatic carbocycles. The third-order valence-corrected chi connectivity index (χ3v) is 11.2. The standard InChI is InChI=1S/C33H31N7O3S/c1-20-13-21(2)15-26(14-20)40-28-7-6-10-34-30(28)37-31(40)24-16-22(3)33(4,27(17-24)25-18-36-38(5)19-25)44(42,43)39-12-9-23-8-11-35-32(41)29(23)39/h6-19,27H,1-5H3,(H,35,41). The van der Waals surface area contributed by atoms with Crippen molar-refractivity contribution in [2.45, 2.75) is 38.4 Å². The third kappa shape index (κ3) is 4.03. The number of nitrogens with zero attached hydrogens (tertiary/aromatic N) is 6. The molecule has 0 saturated carbocycles. The Morgan fingerprint density at radius 2 is 1.82 bits per heavy atom. The number of imidazole rings is 1. The SMILES string of the molecule is CC1=CC(c2nc3ncccc3n2-c2cc(C)cc(C)c2)=CC(c2cnn(C)c2)C1(C)S(=O)(=O)n1ccc2cc[nH]c(=O)c21. The fourth-order valence-corrected chi connectivity index (χ4v) is 8.50. The van der Waals surface area contributed by atoms with Crippen molar-refractivity contribution in [3.63, 3.8) is 0 Å². The van der Waals surface area contributed by atoms with Gasteiger partial charge in [0.15, 0.2) is 5.65 Å². The molecule has 0 amide bonds. The first-order valence-electron chi connectivity index (χ1n) is 14.2. The number of aromatic amines is 1. The van der Waals surface area contributed by atoms with E-state index in [-0.39, 0.29) is 5.52 Å². The van der Waals surface area contributed by atoms with Gasteiger partial charge in [0.05, 0.1) is 11.7 Å². The topological polar surface area (TPSA) is 120 Å². The van der Waals surface area contributed by atoms with Crippen LogP contribution in [0.25, 0.3) is 33.3 Å². The van der Waals surface area contributed by atoms with Gasteiger partial charge in [-0.1, -0.05) is 18.2 Å². The number of benzene rings is 1. The van der Waals surface area contributed by atoms with Gasteiger partial charge in [0.2, 0.25) is 10.0 Å². The van der Waals surface area contributed by atoms with Crippen LogP contribution in [-0.4, -0.2) is 46.4 Å². The molecule has 0 saturated heterocycles. The molecule has 5 heterocycles. The molecule has 0 fully saturated rings. The molecule has 11 heteroatoms. The molecule has 7 rings (SSSR count). The van der Waals surface area contributed by atoms with E-state index in [4.69, 9.17) is 4.98 Å². The van der Waals surface area contributed by atoms with Crippen LogP contribution in [0.3, 0.4) is 0 Å². The normalized spacial score (nSPS) is 19.0. The van der Waals surface area contributed by atoms with Crippen molar-refractivity contribution >= 4 is 37.7 Å². The summed E-state index contributed by atoms with van der Waals surface area (Å²) in [6.45, 7) is 7.66. The number of aryl methyl sites for hydroxylation is 3. The monoisotopic (exact) mass is 605 g/mol. The first kappa shape index (κ1) is 27.8. The maximum absolute atomic E-state index is 14.8. The Kier molecular flexibility index (Phi) is 6.15. The van der Waals surface area contributed by atoms with Crippen LogP contribution in [0, 0.1) is 13.8 Å². The van der Waals surface area contributed by atoms with Gasteiger partial charge in [-0.3, -0.25) is 14.0 Å². The number of rotatable bonds is 5. The number of aromatic nitrogens is 7. The molecule has 1 N–H and O–H groups in total. The Morgan fingerprint density at radius 3 is 2.55 bits per heavy atom. The van der Waals surface area contributed by atoms with Crippen molar-refractivity contribution in [3.05, 3.63) is 124 Å². The summed E-state index contributed by atoms with van der Waals surface area (Å²) in [5.41, 5.74) is 6.30. The molecule has 5 aromatic heterocycles. The molecule has 1 aliphatic carbocycles. The minimum Gasteiger partial charge on any atom is -0.327 e. The van der Waals surface area contributed by atoms with Crippen molar-refractivity contribution in [3.8, 4) is 5.69 Å². The van der Waals surface area contributed by atoms with Crippen molar-refractivity contribution in [2.75, 3.05) is 0 Å². The zero-order chi connectivity index (χ0) is 31.0. The van der Waals surface area contributed by atoms with Gasteiger partial charge in [-0.15, -0.1) is 0 Å². The van der Waals surface area contributed by atoms with Crippen molar-refractivity contribution in [1.82, 2.24) is 33.3 Å². The van der Waals surface area contributed by atoms with Gasteiger partial charge in [-0.2, -0.15) is 5.10 Å². The van der Waals surface area contributed by atoms with E-state index in [1.165, 1.54) is 12.4 Å². The highest BCUT2D eigenvalue weighted by molar-refractivity contribution is 7.91. The minimum atomic E-state index is -4.20. The van der Waals surface area contributed by atoms with Crippen LogP contribution in [0.15, 0.2) is 96.0 Å². The molecule has 0 spiro atoms. The molecular weight excluding hydrogens is 574 g/mol. The molecule has 222 valence electrons. The maximum Gasteiger partial charge on any atom is 0.273 e. The molecule has 0 radical (unpaired) electrons. The number of hydrogen-bond acceptors (Lipinski definition) is 6. The van der Waals surface area contributed by atoms with Crippen LogP contribution in [0.4, 0.5) is 0 Å². The summed E-state index contributed by atoms with van der Waals surface area (Å²) >= 11 is 0. The van der Waals surface area contributed by atoms with Crippen molar-refractivity contribution < 1.29 is 8.42 Å². The van der Waals surface area contributed by atoms with E-state index < -0.39 is 26.2 Å². The Bertz CT molecular complexity index is 2330. The summed E-state index contributed by atoms with van der Waals surface area (Å²) < 4.78 is 32.9. The largest absolute Gasteiger partial charge is 0.327 e. The predicted octanol–water partition coefficient (Wildman–Crippen LogP) is 5.18. The van der Waals surface area contributed by atoms with Crippen molar-refractivity contribution in [2.24, 2.45) is 7.05 Å². The average molecular weight is 606 g/mol. The summed E-state index contributed by atoms with van der Waals surface area (Å²) in [4.78, 5) is 25.0. The molecule has 0 bridgehead atoms. The first-order valence-corrected chi connectivity index (χ1v) is 15.7. The highest BCUT2D eigenvalue weighted by Crippen LogP contribution is 2.48. The molecule has 1 aliphatic rings. The molecular formula is C33H31N7O3S. The molecule has 2 atom stereocenters. The molecule has 2 unspecified atom stereocenters. The lowest BCUT2D eigenvalue weighted by molar-refractivity contribution is 0.525. The van der Waals surface area contributed by atoms with E-state index in [0.29, 0.717) is 22.4 Å². The van der Waals surface area contributed by atoms with Crippen LogP contribution in [0.5, 0.6) is 0 Å². The van der Waals surface area contributed by atoms with Gasteiger partial charge in [-0.05, 0) is 86.4 Å². The zero-order valence-corrected chi connectivity index (χ0v) is 25.8. The molecule has 10 nitrogen and oxygen atoms in total. The van der Waals surface area contributed by atoms with Gasteiger partial charge in [0.1, 0.15) is 16.1 Å². The van der Waals surface area contributed by atoms with E-state index >= 15 is 0 Å². The smallest absolute Gasteiger partial charge is 0.273 e. The molecule has 0 aliphatic heterocycles. The van der Waals surface area contributed by atoms with E-state index in [9.17, 15) is 13.2 Å². The van der Waals surface area contributed by atoms with E-state index in [1.54, 1.807) is 43.2 Å². The lowest BCUT2D eigenvalue weighted by atomic mass is 9.77. The second-order valence-corrected chi connectivity index (χ2v) is 13.9. The number of pyridine rings is 2. The molecule has 6 aromatic rings. The third-order valence-electron chi connectivity index (χ3n) is 8.70.